The summed E-state index contributed by atoms with van der Waals surface area (Å²) in [4.78, 5) is 20.5. The van der Waals surface area contributed by atoms with Gasteiger partial charge in [-0.15, -0.1) is 11.3 Å². The molecule has 0 spiro atoms. The lowest BCUT2D eigenvalue weighted by molar-refractivity contribution is -0.132. The highest BCUT2D eigenvalue weighted by molar-refractivity contribution is 7.89. The molecule has 0 radical (unpaired) electrons. The van der Waals surface area contributed by atoms with Crippen LogP contribution in [-0.4, -0.2) is 54.7 Å². The normalized spacial score (nSPS) is 15.3. The highest BCUT2D eigenvalue weighted by atomic mass is 32.2. The van der Waals surface area contributed by atoms with E-state index in [1.54, 1.807) is 29.2 Å². The number of piperazine rings is 1. The largest absolute Gasteiger partial charge is 0.441 e. The molecule has 1 aliphatic heterocycles. The Morgan fingerprint density at radius 2 is 1.91 bits per heavy atom. The third kappa shape index (κ3) is 4.62. The summed E-state index contributed by atoms with van der Waals surface area (Å²) in [6, 6.07) is 7.98. The SMILES string of the molecule is Cc1cc(S(=O)(=O)N2CCN(C(=O)CCc3ncc(-c4ccccc4F)o3)CC2)c(C)s1. The van der Waals surface area contributed by atoms with Crippen molar-refractivity contribution in [1.82, 2.24) is 14.2 Å². The quantitative estimate of drug-likeness (QED) is 0.541. The Kier molecular flexibility index (Phi) is 6.45. The van der Waals surface area contributed by atoms with E-state index in [9.17, 15) is 17.6 Å². The van der Waals surface area contributed by atoms with E-state index >= 15 is 0 Å². The number of rotatable bonds is 6. The minimum absolute atomic E-state index is 0.0877. The van der Waals surface area contributed by atoms with Crippen molar-refractivity contribution < 1.29 is 22.0 Å². The maximum atomic E-state index is 13.9. The predicted octanol–water partition coefficient (Wildman–Crippen LogP) is 3.62. The van der Waals surface area contributed by atoms with Crippen LogP contribution in [0.3, 0.4) is 0 Å². The monoisotopic (exact) mass is 477 g/mol. The molecule has 0 unspecified atom stereocenters. The molecule has 7 nitrogen and oxygen atoms in total. The summed E-state index contributed by atoms with van der Waals surface area (Å²) in [5.41, 5.74) is 0.325. The Hall–Kier alpha value is -2.56. The number of benzene rings is 1. The minimum Gasteiger partial charge on any atom is -0.441 e. The van der Waals surface area contributed by atoms with Gasteiger partial charge in [0, 0.05) is 48.8 Å². The number of hydrogen-bond donors (Lipinski definition) is 0. The Balaban J connectivity index is 1.32. The van der Waals surface area contributed by atoms with Crippen LogP contribution in [0.5, 0.6) is 0 Å². The number of aryl methyl sites for hydroxylation is 3. The van der Waals surface area contributed by atoms with Gasteiger partial charge in [-0.3, -0.25) is 4.79 Å². The van der Waals surface area contributed by atoms with E-state index in [2.05, 4.69) is 4.98 Å². The second kappa shape index (κ2) is 9.13. The van der Waals surface area contributed by atoms with Crippen molar-refractivity contribution in [1.29, 1.82) is 0 Å². The van der Waals surface area contributed by atoms with Crippen molar-refractivity contribution in [3.63, 3.8) is 0 Å². The summed E-state index contributed by atoms with van der Waals surface area (Å²) < 4.78 is 46.8. The molecule has 10 heteroatoms. The molecule has 32 heavy (non-hydrogen) atoms. The van der Waals surface area contributed by atoms with Crippen molar-refractivity contribution >= 4 is 27.3 Å². The number of amides is 1. The van der Waals surface area contributed by atoms with E-state index in [1.807, 2.05) is 13.8 Å². The van der Waals surface area contributed by atoms with E-state index < -0.39 is 15.8 Å². The number of carbonyl (C=O) groups excluding carboxylic acids is 1. The maximum Gasteiger partial charge on any atom is 0.244 e. The molecule has 0 N–H and O–H groups in total. The van der Waals surface area contributed by atoms with Gasteiger partial charge in [0.2, 0.25) is 15.9 Å². The van der Waals surface area contributed by atoms with Gasteiger partial charge < -0.3 is 9.32 Å². The molecule has 4 rings (SSSR count). The second-order valence-electron chi connectivity index (χ2n) is 7.66. The van der Waals surface area contributed by atoms with Crippen LogP contribution in [0, 0.1) is 19.7 Å². The van der Waals surface area contributed by atoms with Gasteiger partial charge >= 0.3 is 0 Å². The second-order valence-corrected chi connectivity index (χ2v) is 11.0. The first kappa shape index (κ1) is 22.6. The van der Waals surface area contributed by atoms with Gasteiger partial charge in [0.25, 0.3) is 0 Å². The number of sulfonamides is 1. The van der Waals surface area contributed by atoms with E-state index in [4.69, 9.17) is 4.42 Å². The third-order valence-corrected chi connectivity index (χ3v) is 8.57. The van der Waals surface area contributed by atoms with Gasteiger partial charge in [0.15, 0.2) is 11.7 Å². The maximum absolute atomic E-state index is 13.9. The molecule has 0 bridgehead atoms. The molecule has 170 valence electrons. The molecule has 1 amide bonds. The number of halogens is 1. The number of hydrogen-bond acceptors (Lipinski definition) is 6. The summed E-state index contributed by atoms with van der Waals surface area (Å²) in [7, 11) is -3.55. The van der Waals surface area contributed by atoms with Crippen LogP contribution >= 0.6 is 11.3 Å². The lowest BCUT2D eigenvalue weighted by atomic mass is 10.2. The predicted molar refractivity (Wildman–Crippen MR) is 119 cm³/mol. The first-order valence-corrected chi connectivity index (χ1v) is 12.6. The highest BCUT2D eigenvalue weighted by Crippen LogP contribution is 2.28. The van der Waals surface area contributed by atoms with Crippen LogP contribution in [0.1, 0.15) is 22.1 Å². The van der Waals surface area contributed by atoms with Gasteiger partial charge in [0.05, 0.1) is 16.7 Å². The van der Waals surface area contributed by atoms with Gasteiger partial charge in [-0.2, -0.15) is 4.31 Å². The topological polar surface area (TPSA) is 83.7 Å². The Bertz CT molecular complexity index is 1230. The number of aromatic nitrogens is 1. The molecule has 1 aromatic carbocycles. The summed E-state index contributed by atoms with van der Waals surface area (Å²) in [5, 5.41) is 0. The molecule has 0 aliphatic carbocycles. The standard InChI is InChI=1S/C22H24FN3O4S2/c1-15-13-20(16(2)31-15)32(28,29)26-11-9-25(10-12-26)22(27)8-7-21-24-14-19(30-21)17-5-3-4-6-18(17)23/h3-6,13-14H,7-12H2,1-2H3. The van der Waals surface area contributed by atoms with Gasteiger partial charge in [-0.1, -0.05) is 12.1 Å². The molecule has 3 aromatic rings. The molecule has 1 aliphatic rings. The molecule has 0 saturated carbocycles. The van der Waals surface area contributed by atoms with Crippen LogP contribution in [0.25, 0.3) is 11.3 Å². The lowest BCUT2D eigenvalue weighted by Crippen LogP contribution is -2.50. The first-order valence-electron chi connectivity index (χ1n) is 10.3. The van der Waals surface area contributed by atoms with Crippen molar-refractivity contribution in [3.05, 3.63) is 58.0 Å². The molecule has 2 aromatic heterocycles. The van der Waals surface area contributed by atoms with E-state index in [0.29, 0.717) is 41.6 Å². The van der Waals surface area contributed by atoms with Crippen LogP contribution in [0.15, 0.2) is 45.8 Å². The van der Waals surface area contributed by atoms with E-state index in [0.717, 1.165) is 9.75 Å². The van der Waals surface area contributed by atoms with Gasteiger partial charge in [0.1, 0.15) is 5.82 Å². The van der Waals surface area contributed by atoms with Crippen molar-refractivity contribution in [3.8, 4) is 11.3 Å². The lowest BCUT2D eigenvalue weighted by Gasteiger charge is -2.34. The smallest absolute Gasteiger partial charge is 0.244 e. The Morgan fingerprint density at radius 3 is 2.56 bits per heavy atom. The number of carbonyl (C=O) groups is 1. The molecule has 3 heterocycles. The third-order valence-electron chi connectivity index (χ3n) is 5.45. The van der Waals surface area contributed by atoms with Gasteiger partial charge in [-0.25, -0.2) is 17.8 Å². The first-order chi connectivity index (χ1) is 15.3. The number of nitrogens with zero attached hydrogens (tertiary/aromatic N) is 3. The summed E-state index contributed by atoms with van der Waals surface area (Å²) in [6.07, 6.45) is 1.93. The molecular formula is C22H24FN3O4S2. The molecule has 1 saturated heterocycles. The fourth-order valence-electron chi connectivity index (χ4n) is 3.76. The minimum atomic E-state index is -3.55. The van der Waals surface area contributed by atoms with Crippen LogP contribution in [0.2, 0.25) is 0 Å². The molecule has 0 atom stereocenters. The van der Waals surface area contributed by atoms with Crippen LogP contribution in [0.4, 0.5) is 4.39 Å². The zero-order valence-corrected chi connectivity index (χ0v) is 19.5. The number of thiophene rings is 1. The number of oxazole rings is 1. The summed E-state index contributed by atoms with van der Waals surface area (Å²) in [5.74, 6) is 0.201. The van der Waals surface area contributed by atoms with Crippen LogP contribution in [-0.2, 0) is 21.2 Å². The molecule has 1 fully saturated rings. The van der Waals surface area contributed by atoms with E-state index in [-0.39, 0.29) is 25.4 Å². The fraction of sp³-hybridized carbons (Fsp3) is 0.364. The zero-order valence-electron chi connectivity index (χ0n) is 17.9. The highest BCUT2D eigenvalue weighted by Gasteiger charge is 2.31. The van der Waals surface area contributed by atoms with Crippen molar-refractivity contribution in [2.45, 2.75) is 31.6 Å². The Labute approximate surface area is 190 Å². The van der Waals surface area contributed by atoms with E-state index in [1.165, 1.54) is 27.9 Å². The molecular weight excluding hydrogens is 453 g/mol. The van der Waals surface area contributed by atoms with Gasteiger partial charge in [-0.05, 0) is 32.0 Å². The van der Waals surface area contributed by atoms with Crippen molar-refractivity contribution in [2.24, 2.45) is 0 Å². The van der Waals surface area contributed by atoms with Crippen molar-refractivity contribution in [2.75, 3.05) is 26.2 Å². The zero-order chi connectivity index (χ0) is 22.9. The summed E-state index contributed by atoms with van der Waals surface area (Å²) in [6.45, 7) is 4.90. The Morgan fingerprint density at radius 1 is 1.19 bits per heavy atom. The van der Waals surface area contributed by atoms with Crippen LogP contribution < -0.4 is 0 Å². The average Bonchev–Trinajstić information content (AvgIpc) is 3.38. The fourth-order valence-corrected chi connectivity index (χ4v) is 6.71. The summed E-state index contributed by atoms with van der Waals surface area (Å²) >= 11 is 1.47. The average molecular weight is 478 g/mol.